The fraction of sp³-hybridized carbons (Fsp3) is 0.333. The molecule has 2 N–H and O–H groups in total. The molecule has 0 saturated carbocycles. The highest BCUT2D eigenvalue weighted by Gasteiger charge is 2.29. The van der Waals surface area contributed by atoms with Crippen molar-refractivity contribution in [1.29, 1.82) is 0 Å². The number of thiazole rings is 1. The molecule has 1 aromatic heterocycles. The quantitative estimate of drug-likeness (QED) is 0.703. The second kappa shape index (κ2) is 9.01. The number of aryl methyl sites for hydroxylation is 1. The van der Waals surface area contributed by atoms with Gasteiger partial charge in [0.25, 0.3) is 5.24 Å². The van der Waals surface area contributed by atoms with Crippen molar-refractivity contribution in [3.8, 4) is 0 Å². The van der Waals surface area contributed by atoms with Gasteiger partial charge in [-0.25, -0.2) is 4.98 Å². The van der Waals surface area contributed by atoms with Crippen LogP contribution in [0.5, 0.6) is 0 Å². The summed E-state index contributed by atoms with van der Waals surface area (Å²) in [4.78, 5) is 40.6. The van der Waals surface area contributed by atoms with Gasteiger partial charge < -0.3 is 10.6 Å². The van der Waals surface area contributed by atoms with Crippen molar-refractivity contribution < 1.29 is 14.4 Å². The third-order valence-electron chi connectivity index (χ3n) is 4.01. The molecular formula is C18H20N4O3S2. The van der Waals surface area contributed by atoms with Crippen molar-refractivity contribution in [2.45, 2.75) is 19.8 Å². The van der Waals surface area contributed by atoms with Gasteiger partial charge in [-0.05, 0) is 24.1 Å². The lowest BCUT2D eigenvalue weighted by Gasteiger charge is -2.12. The Kier molecular flexibility index (Phi) is 6.46. The molecule has 0 bridgehead atoms. The van der Waals surface area contributed by atoms with Gasteiger partial charge in [0, 0.05) is 24.2 Å². The highest BCUT2D eigenvalue weighted by Crippen LogP contribution is 2.22. The molecule has 0 unspecified atom stereocenters. The molecule has 9 heteroatoms. The Morgan fingerprint density at radius 1 is 1.26 bits per heavy atom. The van der Waals surface area contributed by atoms with Crippen molar-refractivity contribution in [2.24, 2.45) is 0 Å². The van der Waals surface area contributed by atoms with Crippen LogP contribution in [0.15, 0.2) is 29.6 Å². The van der Waals surface area contributed by atoms with E-state index in [-0.39, 0.29) is 42.3 Å². The summed E-state index contributed by atoms with van der Waals surface area (Å²) in [5.41, 5.74) is 2.90. The number of hydrogen-bond acceptors (Lipinski definition) is 7. The van der Waals surface area contributed by atoms with Crippen LogP contribution in [0.3, 0.4) is 0 Å². The van der Waals surface area contributed by atoms with Gasteiger partial charge in [-0.15, -0.1) is 11.3 Å². The number of carbonyl (C=O) groups is 3. The van der Waals surface area contributed by atoms with Crippen molar-refractivity contribution >= 4 is 51.0 Å². The molecular weight excluding hydrogens is 384 g/mol. The van der Waals surface area contributed by atoms with Crippen molar-refractivity contribution in [3.05, 3.63) is 40.9 Å². The maximum atomic E-state index is 12.0. The molecule has 27 heavy (non-hydrogen) atoms. The normalized spacial score (nSPS) is 13.9. The molecule has 7 nitrogen and oxygen atoms in total. The zero-order chi connectivity index (χ0) is 19.2. The zero-order valence-electron chi connectivity index (χ0n) is 14.9. The molecule has 2 heterocycles. The number of hydrogen-bond donors (Lipinski definition) is 2. The van der Waals surface area contributed by atoms with Crippen LogP contribution in [-0.2, 0) is 22.4 Å². The molecule has 0 aliphatic carbocycles. The zero-order valence-corrected chi connectivity index (χ0v) is 16.5. The summed E-state index contributed by atoms with van der Waals surface area (Å²) in [6.07, 6.45) is 1.15. The van der Waals surface area contributed by atoms with Crippen molar-refractivity contribution in [2.75, 3.05) is 24.2 Å². The molecule has 1 aliphatic heterocycles. The van der Waals surface area contributed by atoms with Gasteiger partial charge in [-0.1, -0.05) is 30.8 Å². The smallest absolute Gasteiger partial charge is 0.288 e. The topological polar surface area (TPSA) is 91.4 Å². The largest absolute Gasteiger partial charge is 0.354 e. The standard InChI is InChI=1S/C18H20N4O3S2/c1-2-12-3-5-13(6-4-12)20-17-21-14(10-26-17)9-15(23)19-7-8-22-16(24)11-27-18(22)25/h3-6,10H,2,7-9,11H2,1H3,(H,19,23)(H,20,21). The third-order valence-corrected chi connectivity index (χ3v) is 5.67. The Morgan fingerprint density at radius 3 is 2.70 bits per heavy atom. The Balaban J connectivity index is 1.44. The van der Waals surface area contributed by atoms with E-state index in [1.165, 1.54) is 21.8 Å². The van der Waals surface area contributed by atoms with Crippen molar-refractivity contribution in [1.82, 2.24) is 15.2 Å². The number of thioether (sulfide) groups is 1. The monoisotopic (exact) mass is 404 g/mol. The summed E-state index contributed by atoms with van der Waals surface area (Å²) in [6, 6.07) is 8.15. The molecule has 1 fully saturated rings. The average Bonchev–Trinajstić information content (AvgIpc) is 3.23. The van der Waals surface area contributed by atoms with Crippen LogP contribution >= 0.6 is 23.1 Å². The summed E-state index contributed by atoms with van der Waals surface area (Å²) >= 11 is 2.43. The Hall–Kier alpha value is -2.39. The van der Waals surface area contributed by atoms with Crippen molar-refractivity contribution in [3.63, 3.8) is 0 Å². The molecule has 1 aliphatic rings. The number of anilines is 2. The van der Waals surface area contributed by atoms with Gasteiger partial charge in [-0.3, -0.25) is 19.3 Å². The van der Waals surface area contributed by atoms with Crippen LogP contribution in [-0.4, -0.2) is 45.8 Å². The maximum absolute atomic E-state index is 12.0. The Morgan fingerprint density at radius 2 is 2.04 bits per heavy atom. The summed E-state index contributed by atoms with van der Waals surface area (Å²) in [5, 5.41) is 8.27. The number of nitrogens with one attached hydrogen (secondary N) is 2. The van der Waals surface area contributed by atoms with E-state index >= 15 is 0 Å². The molecule has 2 aromatic rings. The minimum Gasteiger partial charge on any atom is -0.354 e. The van der Waals surface area contributed by atoms with E-state index in [9.17, 15) is 14.4 Å². The van der Waals surface area contributed by atoms with Crippen LogP contribution in [0, 0.1) is 0 Å². The predicted molar refractivity (Wildman–Crippen MR) is 107 cm³/mol. The average molecular weight is 405 g/mol. The lowest BCUT2D eigenvalue weighted by molar-refractivity contribution is -0.125. The first-order valence-corrected chi connectivity index (χ1v) is 10.5. The molecule has 142 valence electrons. The van der Waals surface area contributed by atoms with Gasteiger partial charge in [0.1, 0.15) is 0 Å². The number of benzene rings is 1. The molecule has 3 amide bonds. The van der Waals surface area contributed by atoms with E-state index in [4.69, 9.17) is 0 Å². The lowest BCUT2D eigenvalue weighted by atomic mass is 10.1. The Labute approximate surface area is 165 Å². The van der Waals surface area contributed by atoms with E-state index < -0.39 is 0 Å². The maximum Gasteiger partial charge on any atom is 0.288 e. The molecule has 0 atom stereocenters. The molecule has 3 rings (SSSR count). The van der Waals surface area contributed by atoms with Crippen LogP contribution in [0.4, 0.5) is 15.6 Å². The van der Waals surface area contributed by atoms with Crippen LogP contribution in [0.25, 0.3) is 0 Å². The van der Waals surface area contributed by atoms with Crippen LogP contribution < -0.4 is 10.6 Å². The predicted octanol–water partition coefficient (Wildman–Crippen LogP) is 2.80. The fourth-order valence-electron chi connectivity index (χ4n) is 2.52. The highest BCUT2D eigenvalue weighted by molar-refractivity contribution is 8.14. The van der Waals surface area contributed by atoms with Gasteiger partial charge in [0.15, 0.2) is 5.13 Å². The summed E-state index contributed by atoms with van der Waals surface area (Å²) in [5.74, 6) is -0.213. The number of aromatic nitrogens is 1. The summed E-state index contributed by atoms with van der Waals surface area (Å²) in [6.45, 7) is 2.56. The van der Waals surface area contributed by atoms with E-state index in [1.54, 1.807) is 0 Å². The van der Waals surface area contributed by atoms with Crippen LogP contribution in [0.1, 0.15) is 18.2 Å². The van der Waals surface area contributed by atoms with E-state index in [0.29, 0.717) is 5.69 Å². The molecule has 1 aromatic carbocycles. The van der Waals surface area contributed by atoms with E-state index in [0.717, 1.165) is 29.0 Å². The van der Waals surface area contributed by atoms with E-state index in [1.807, 2.05) is 17.5 Å². The molecule has 0 radical (unpaired) electrons. The molecule has 0 spiro atoms. The third kappa shape index (κ3) is 5.30. The van der Waals surface area contributed by atoms with E-state index in [2.05, 4.69) is 34.7 Å². The Bertz CT molecular complexity index is 819. The van der Waals surface area contributed by atoms with Crippen LogP contribution in [0.2, 0.25) is 0 Å². The lowest BCUT2D eigenvalue weighted by Crippen LogP contribution is -2.37. The summed E-state index contributed by atoms with van der Waals surface area (Å²) in [7, 11) is 0. The number of rotatable bonds is 8. The molecule has 1 saturated heterocycles. The SMILES string of the molecule is CCc1ccc(Nc2nc(CC(=O)NCCN3C(=O)CSC3=O)cs2)cc1. The number of amides is 3. The second-order valence-corrected chi connectivity index (χ2v) is 7.73. The second-order valence-electron chi connectivity index (χ2n) is 5.95. The van der Waals surface area contributed by atoms with Gasteiger partial charge in [0.05, 0.1) is 17.9 Å². The first-order chi connectivity index (χ1) is 13.0. The number of carbonyl (C=O) groups excluding carboxylic acids is 3. The minimum absolute atomic E-state index is 0.156. The first kappa shape index (κ1) is 19.4. The minimum atomic E-state index is -0.253. The number of nitrogens with zero attached hydrogens (tertiary/aromatic N) is 2. The fourth-order valence-corrected chi connectivity index (χ4v) is 4.01. The van der Waals surface area contributed by atoms with Gasteiger partial charge in [-0.2, -0.15) is 0 Å². The first-order valence-electron chi connectivity index (χ1n) is 8.59. The summed E-state index contributed by atoms with van der Waals surface area (Å²) < 4.78 is 0. The van der Waals surface area contributed by atoms with Gasteiger partial charge >= 0.3 is 0 Å². The highest BCUT2D eigenvalue weighted by atomic mass is 32.2. The number of imide groups is 1. The van der Waals surface area contributed by atoms with Gasteiger partial charge in [0.2, 0.25) is 11.8 Å².